The molecule has 0 spiro atoms. The number of allylic oxidation sites excluding steroid dienone is 9. The third kappa shape index (κ3) is 26.0. The highest BCUT2D eigenvalue weighted by Crippen LogP contribution is 2.12. The van der Waals surface area contributed by atoms with Gasteiger partial charge in [-0.25, -0.2) is 0 Å². The van der Waals surface area contributed by atoms with Gasteiger partial charge < -0.3 is 20.1 Å². The zero-order chi connectivity index (χ0) is 23.0. The first kappa shape index (κ1) is 29.1. The lowest BCUT2D eigenvalue weighted by Crippen LogP contribution is -2.30. The van der Waals surface area contributed by atoms with Crippen LogP contribution in [-0.4, -0.2) is 27.3 Å². The number of carbonyl (C=O) groups excluding carboxylic acids is 1. The van der Waals surface area contributed by atoms with E-state index in [9.17, 15) is 4.79 Å². The Kier molecular flexibility index (Phi) is 19.9. The van der Waals surface area contributed by atoms with Crippen molar-refractivity contribution in [2.75, 3.05) is 0 Å². The monoisotopic (exact) mass is 434 g/mol. The zero-order valence-electron chi connectivity index (χ0n) is 19.1. The molecule has 0 bridgehead atoms. The Balaban J connectivity index is 3.56. The van der Waals surface area contributed by atoms with Crippen molar-refractivity contribution in [3.05, 3.63) is 60.9 Å². The molecule has 5 heteroatoms. The zero-order valence-corrected chi connectivity index (χ0v) is 19.1. The summed E-state index contributed by atoms with van der Waals surface area (Å²) in [5.41, 5.74) is 0. The van der Waals surface area contributed by atoms with Crippen LogP contribution in [-0.2, 0) is 9.53 Å². The Bertz CT molecular complexity index is 565. The molecule has 0 aromatic carbocycles. The van der Waals surface area contributed by atoms with Gasteiger partial charge in [0.1, 0.15) is 6.42 Å². The van der Waals surface area contributed by atoms with Crippen molar-refractivity contribution in [3.8, 4) is 0 Å². The van der Waals surface area contributed by atoms with Gasteiger partial charge in [-0.1, -0.05) is 120 Å². The largest absolute Gasteiger partial charge is 0.434 e. The average molecular weight is 435 g/mol. The Hall–Kier alpha value is -1.95. The molecule has 0 aliphatic carbocycles. The molecule has 5 nitrogen and oxygen atoms in total. The number of unbranched alkanes of at least 4 members (excludes halogenated alkanes) is 11. The molecule has 31 heavy (non-hydrogen) atoms. The fourth-order valence-corrected chi connectivity index (χ4v) is 2.88. The Labute approximate surface area is 188 Å². The van der Waals surface area contributed by atoms with E-state index in [-0.39, 0.29) is 0 Å². The predicted octanol–water partition coefficient (Wildman–Crippen LogP) is 5.99. The smallest absolute Gasteiger partial charge is 0.318 e. The lowest BCUT2D eigenvalue weighted by atomic mass is 10.1. The van der Waals surface area contributed by atoms with Crippen LogP contribution in [0.4, 0.5) is 0 Å². The van der Waals surface area contributed by atoms with E-state index >= 15 is 0 Å². The maximum Gasteiger partial charge on any atom is 0.318 e. The van der Waals surface area contributed by atoms with Gasteiger partial charge in [0, 0.05) is 0 Å². The molecule has 0 unspecified atom stereocenters. The van der Waals surface area contributed by atoms with Crippen molar-refractivity contribution in [3.63, 3.8) is 0 Å². The number of aliphatic hydroxyl groups is 3. The van der Waals surface area contributed by atoms with Gasteiger partial charge >= 0.3 is 5.97 Å². The molecule has 0 aliphatic rings. The van der Waals surface area contributed by atoms with Crippen LogP contribution in [0.1, 0.15) is 90.4 Å². The highest BCUT2D eigenvalue weighted by Gasteiger charge is 2.23. The summed E-state index contributed by atoms with van der Waals surface area (Å²) in [4.78, 5) is 11.1. The van der Waals surface area contributed by atoms with Crippen molar-refractivity contribution >= 4 is 5.97 Å². The maximum atomic E-state index is 11.1. The number of carbonyl (C=O) groups is 1. The number of esters is 1. The lowest BCUT2D eigenvalue weighted by Gasteiger charge is -2.10. The molecule has 0 heterocycles. The van der Waals surface area contributed by atoms with Crippen molar-refractivity contribution in [2.24, 2.45) is 0 Å². The third-order valence-corrected chi connectivity index (χ3v) is 4.55. The fourth-order valence-electron chi connectivity index (χ4n) is 2.88. The second-order valence-corrected chi connectivity index (χ2v) is 7.68. The van der Waals surface area contributed by atoms with Gasteiger partial charge in [0.2, 0.25) is 0 Å². The second kappa shape index (κ2) is 21.3. The maximum absolute atomic E-state index is 11.1. The number of hydrogen-bond donors (Lipinski definition) is 3. The standard InChI is InChI=1S/C26H42O5/c1-2-3-4-5-6-7-8-9-10-11-12-13-14-15-16-17-18-19-20-21-22-23-31-25(27)24-26(28,29)30/h14-23,28-30H,2-13,24H2,1H3. The van der Waals surface area contributed by atoms with Crippen LogP contribution < -0.4 is 0 Å². The van der Waals surface area contributed by atoms with Crippen molar-refractivity contribution in [1.82, 2.24) is 0 Å². The van der Waals surface area contributed by atoms with E-state index in [1.54, 1.807) is 12.2 Å². The van der Waals surface area contributed by atoms with Gasteiger partial charge in [-0.15, -0.1) is 0 Å². The van der Waals surface area contributed by atoms with Crippen LogP contribution in [0.3, 0.4) is 0 Å². The summed E-state index contributed by atoms with van der Waals surface area (Å²) in [5.74, 6) is -3.99. The first-order chi connectivity index (χ1) is 15.0. The summed E-state index contributed by atoms with van der Waals surface area (Å²) in [5, 5.41) is 25.9. The Morgan fingerprint density at radius 1 is 0.677 bits per heavy atom. The highest BCUT2D eigenvalue weighted by atomic mass is 16.7. The van der Waals surface area contributed by atoms with Gasteiger partial charge in [0.15, 0.2) is 0 Å². The molecular formula is C26H42O5. The molecule has 0 rings (SSSR count). The van der Waals surface area contributed by atoms with E-state index < -0.39 is 18.4 Å². The minimum atomic E-state index is -3.04. The van der Waals surface area contributed by atoms with E-state index in [1.807, 2.05) is 24.3 Å². The van der Waals surface area contributed by atoms with Gasteiger partial charge in [0.05, 0.1) is 6.26 Å². The van der Waals surface area contributed by atoms with Crippen LogP contribution in [0.2, 0.25) is 0 Å². The summed E-state index contributed by atoms with van der Waals surface area (Å²) in [7, 11) is 0. The summed E-state index contributed by atoms with van der Waals surface area (Å²) >= 11 is 0. The van der Waals surface area contributed by atoms with E-state index in [4.69, 9.17) is 15.3 Å². The predicted molar refractivity (Wildman–Crippen MR) is 127 cm³/mol. The molecular weight excluding hydrogens is 392 g/mol. The van der Waals surface area contributed by atoms with Gasteiger partial charge in [-0.3, -0.25) is 4.79 Å². The minimum absolute atomic E-state index is 0.918. The van der Waals surface area contributed by atoms with Gasteiger partial charge in [0.25, 0.3) is 5.97 Å². The van der Waals surface area contributed by atoms with Crippen molar-refractivity contribution in [1.29, 1.82) is 0 Å². The summed E-state index contributed by atoms with van der Waals surface area (Å²) in [6.07, 6.45) is 33.2. The molecule has 0 atom stereocenters. The second-order valence-electron chi connectivity index (χ2n) is 7.68. The Morgan fingerprint density at radius 2 is 1.13 bits per heavy atom. The molecule has 0 aromatic heterocycles. The third-order valence-electron chi connectivity index (χ3n) is 4.55. The highest BCUT2D eigenvalue weighted by molar-refractivity contribution is 5.70. The topological polar surface area (TPSA) is 87.0 Å². The molecule has 176 valence electrons. The molecule has 0 saturated heterocycles. The van der Waals surface area contributed by atoms with Crippen molar-refractivity contribution < 1.29 is 24.9 Å². The van der Waals surface area contributed by atoms with E-state index in [0.29, 0.717) is 0 Å². The first-order valence-corrected chi connectivity index (χ1v) is 11.6. The van der Waals surface area contributed by atoms with E-state index in [2.05, 4.69) is 23.8 Å². The van der Waals surface area contributed by atoms with Crippen LogP contribution >= 0.6 is 0 Å². The Morgan fingerprint density at radius 3 is 1.65 bits per heavy atom. The molecule has 0 aliphatic heterocycles. The SMILES string of the molecule is CCCCCCCCCCCCCC=CC=CC=CC=CC=COC(=O)CC(O)(O)O. The summed E-state index contributed by atoms with van der Waals surface area (Å²) in [6, 6.07) is 0. The fraction of sp³-hybridized carbons (Fsp3) is 0.577. The molecule has 0 amide bonds. The van der Waals surface area contributed by atoms with Crippen molar-refractivity contribution in [2.45, 2.75) is 96.4 Å². The number of hydrogen-bond acceptors (Lipinski definition) is 5. The lowest BCUT2D eigenvalue weighted by molar-refractivity contribution is -0.311. The summed E-state index contributed by atoms with van der Waals surface area (Å²) < 4.78 is 4.56. The van der Waals surface area contributed by atoms with E-state index in [1.165, 1.54) is 76.7 Å². The quantitative estimate of drug-likeness (QED) is 0.0764. The molecule has 0 aromatic rings. The molecule has 0 saturated carbocycles. The normalized spacial score (nSPS) is 13.0. The average Bonchev–Trinajstić information content (AvgIpc) is 2.70. The molecule has 0 fully saturated rings. The van der Waals surface area contributed by atoms with Crippen LogP contribution in [0.15, 0.2) is 60.9 Å². The minimum Gasteiger partial charge on any atom is -0.434 e. The first-order valence-electron chi connectivity index (χ1n) is 11.6. The van der Waals surface area contributed by atoms with Crippen LogP contribution in [0.25, 0.3) is 0 Å². The number of rotatable bonds is 19. The van der Waals surface area contributed by atoms with Gasteiger partial charge in [-0.05, 0) is 18.9 Å². The van der Waals surface area contributed by atoms with E-state index in [0.717, 1.165) is 12.7 Å². The van der Waals surface area contributed by atoms with Gasteiger partial charge in [-0.2, -0.15) is 0 Å². The van der Waals surface area contributed by atoms with Crippen LogP contribution in [0, 0.1) is 0 Å². The number of ether oxygens (including phenoxy) is 1. The summed E-state index contributed by atoms with van der Waals surface area (Å²) in [6.45, 7) is 2.26. The molecule has 3 N–H and O–H groups in total. The molecule has 0 radical (unpaired) electrons. The van der Waals surface area contributed by atoms with Crippen LogP contribution in [0.5, 0.6) is 0 Å².